The number of nitrogens with zero attached hydrogens (tertiary/aromatic N) is 1. The van der Waals surface area contributed by atoms with Crippen molar-refractivity contribution in [1.82, 2.24) is 0 Å². The van der Waals surface area contributed by atoms with Gasteiger partial charge < -0.3 is 10.0 Å². The molecule has 0 spiro atoms. The van der Waals surface area contributed by atoms with Crippen LogP contribution in [-0.2, 0) is 9.59 Å². The number of carbonyl (C=O) groups is 3. The number of Topliss-reactive ketones (excluding diaryl/α,β-unsaturated/α-hetero) is 1. The molecule has 0 aliphatic carbocycles. The molecule has 0 radical (unpaired) electrons. The van der Waals surface area contributed by atoms with Gasteiger partial charge in [0.15, 0.2) is 5.78 Å². The van der Waals surface area contributed by atoms with Gasteiger partial charge in [0.2, 0.25) is 5.91 Å². The molecule has 0 saturated carbocycles. The third-order valence-electron chi connectivity index (χ3n) is 2.47. The summed E-state index contributed by atoms with van der Waals surface area (Å²) in [7, 11) is 0. The summed E-state index contributed by atoms with van der Waals surface area (Å²) in [6.07, 6.45) is -0.128. The van der Waals surface area contributed by atoms with Crippen LogP contribution in [0.4, 0.5) is 5.69 Å². The van der Waals surface area contributed by atoms with Gasteiger partial charge in [0.1, 0.15) is 0 Å². The predicted octanol–water partition coefficient (Wildman–Crippen LogP) is 1.34. The van der Waals surface area contributed by atoms with Crippen molar-refractivity contribution in [3.05, 3.63) is 28.8 Å². The molecule has 1 aliphatic rings. The van der Waals surface area contributed by atoms with Crippen molar-refractivity contribution in [1.29, 1.82) is 0 Å². The fourth-order valence-electron chi connectivity index (χ4n) is 1.66. The van der Waals surface area contributed by atoms with E-state index in [2.05, 4.69) is 0 Å². The third kappa shape index (κ3) is 2.14. The number of benzene rings is 1. The van der Waals surface area contributed by atoms with E-state index in [1.54, 1.807) is 0 Å². The smallest absolute Gasteiger partial charge is 0.335 e. The lowest BCUT2D eigenvalue weighted by Crippen LogP contribution is -2.24. The van der Waals surface area contributed by atoms with Crippen LogP contribution in [0.1, 0.15) is 16.8 Å². The highest BCUT2D eigenvalue weighted by Gasteiger charge is 2.29. The molecule has 1 aromatic carbocycles. The van der Waals surface area contributed by atoms with Gasteiger partial charge in [-0.2, -0.15) is 0 Å². The number of ketones is 1. The zero-order valence-corrected chi connectivity index (χ0v) is 9.40. The molecule has 88 valence electrons. The summed E-state index contributed by atoms with van der Waals surface area (Å²) >= 11 is 5.90. The standard InChI is InChI=1S/C11H8ClNO4/c12-8-3-6(11(16)17)1-2-9(8)13-5-7(14)4-10(13)15/h1-3H,4-5H2,(H,16,17). The van der Waals surface area contributed by atoms with E-state index in [0.717, 1.165) is 0 Å². The average Bonchev–Trinajstić information content (AvgIpc) is 2.57. The topological polar surface area (TPSA) is 74.7 Å². The molecule has 1 saturated heterocycles. The Morgan fingerprint density at radius 2 is 2.06 bits per heavy atom. The zero-order chi connectivity index (χ0) is 12.6. The Hall–Kier alpha value is -1.88. The summed E-state index contributed by atoms with van der Waals surface area (Å²) in [4.78, 5) is 34.6. The number of carbonyl (C=O) groups excluding carboxylic acids is 2. The highest BCUT2D eigenvalue weighted by atomic mass is 35.5. The number of hydrogen-bond acceptors (Lipinski definition) is 3. The second kappa shape index (κ2) is 4.18. The van der Waals surface area contributed by atoms with Gasteiger partial charge in [0, 0.05) is 0 Å². The van der Waals surface area contributed by atoms with Gasteiger partial charge in [-0.05, 0) is 18.2 Å². The minimum Gasteiger partial charge on any atom is -0.478 e. The lowest BCUT2D eigenvalue weighted by molar-refractivity contribution is -0.121. The molecule has 0 atom stereocenters. The van der Waals surface area contributed by atoms with Gasteiger partial charge in [-0.25, -0.2) is 4.79 Å². The lowest BCUT2D eigenvalue weighted by atomic mass is 10.2. The van der Waals surface area contributed by atoms with E-state index in [1.165, 1.54) is 23.1 Å². The van der Waals surface area contributed by atoms with Crippen LogP contribution in [0.3, 0.4) is 0 Å². The highest BCUT2D eigenvalue weighted by Crippen LogP contribution is 2.29. The van der Waals surface area contributed by atoms with E-state index in [0.29, 0.717) is 5.69 Å². The Kier molecular flexibility index (Phi) is 2.85. The minimum absolute atomic E-state index is 0.00896. The first kappa shape index (κ1) is 11.6. The van der Waals surface area contributed by atoms with Gasteiger partial charge in [-0.1, -0.05) is 11.6 Å². The second-order valence-corrected chi connectivity index (χ2v) is 4.07. The molecular formula is C11H8ClNO4. The molecule has 0 aromatic heterocycles. The average molecular weight is 254 g/mol. The zero-order valence-electron chi connectivity index (χ0n) is 8.64. The number of halogens is 1. The van der Waals surface area contributed by atoms with Crippen LogP contribution in [0.5, 0.6) is 0 Å². The fourth-order valence-corrected chi connectivity index (χ4v) is 1.95. The molecule has 5 nitrogen and oxygen atoms in total. The van der Waals surface area contributed by atoms with E-state index in [9.17, 15) is 14.4 Å². The number of anilines is 1. The molecule has 0 bridgehead atoms. The molecule has 1 aliphatic heterocycles. The van der Waals surface area contributed by atoms with Crippen molar-refractivity contribution in [2.24, 2.45) is 0 Å². The first-order valence-electron chi connectivity index (χ1n) is 4.84. The van der Waals surface area contributed by atoms with Gasteiger partial charge in [0.25, 0.3) is 0 Å². The Balaban J connectivity index is 2.37. The van der Waals surface area contributed by atoms with E-state index in [4.69, 9.17) is 16.7 Å². The number of carboxylic acids is 1. The summed E-state index contributed by atoms with van der Waals surface area (Å²) in [5.41, 5.74) is 0.407. The third-order valence-corrected chi connectivity index (χ3v) is 2.77. The van der Waals surface area contributed by atoms with Crippen molar-refractivity contribution in [3.63, 3.8) is 0 Å². The molecule has 2 rings (SSSR count). The van der Waals surface area contributed by atoms with Crippen molar-refractivity contribution < 1.29 is 19.5 Å². The molecule has 0 unspecified atom stereocenters. The largest absolute Gasteiger partial charge is 0.478 e. The highest BCUT2D eigenvalue weighted by molar-refractivity contribution is 6.34. The molecule has 1 amide bonds. The van der Waals surface area contributed by atoms with Gasteiger partial charge in [0.05, 0.1) is 29.2 Å². The summed E-state index contributed by atoms with van der Waals surface area (Å²) in [5, 5.41) is 8.91. The normalized spacial score (nSPS) is 15.5. The Morgan fingerprint density at radius 1 is 1.35 bits per heavy atom. The number of amides is 1. The predicted molar refractivity (Wildman–Crippen MR) is 60.4 cm³/mol. The number of rotatable bonds is 2. The maximum Gasteiger partial charge on any atom is 0.335 e. The van der Waals surface area contributed by atoms with Crippen LogP contribution < -0.4 is 4.90 Å². The van der Waals surface area contributed by atoms with Crippen LogP contribution in [-0.4, -0.2) is 29.3 Å². The van der Waals surface area contributed by atoms with Crippen LogP contribution in [0.15, 0.2) is 18.2 Å². The van der Waals surface area contributed by atoms with E-state index in [1.807, 2.05) is 0 Å². The van der Waals surface area contributed by atoms with Gasteiger partial charge in [-0.15, -0.1) is 0 Å². The first-order valence-corrected chi connectivity index (χ1v) is 5.22. The van der Waals surface area contributed by atoms with E-state index >= 15 is 0 Å². The van der Waals surface area contributed by atoms with Crippen molar-refractivity contribution in [3.8, 4) is 0 Å². The van der Waals surface area contributed by atoms with E-state index < -0.39 is 5.97 Å². The van der Waals surface area contributed by atoms with Crippen LogP contribution in [0, 0.1) is 0 Å². The maximum atomic E-state index is 11.5. The summed E-state index contributed by atoms with van der Waals surface area (Å²) in [6, 6.07) is 4.04. The number of carboxylic acid groups (broad SMARTS) is 1. The lowest BCUT2D eigenvalue weighted by Gasteiger charge is -2.16. The van der Waals surface area contributed by atoms with Crippen molar-refractivity contribution in [2.75, 3.05) is 11.4 Å². The molecule has 1 N–H and O–H groups in total. The van der Waals surface area contributed by atoms with Gasteiger partial charge >= 0.3 is 5.97 Å². The molecule has 17 heavy (non-hydrogen) atoms. The van der Waals surface area contributed by atoms with Gasteiger partial charge in [-0.3, -0.25) is 9.59 Å². The number of aromatic carboxylic acids is 1. The Bertz CT molecular complexity index is 526. The summed E-state index contributed by atoms with van der Waals surface area (Å²) in [6.45, 7) is -0.00896. The monoisotopic (exact) mass is 253 g/mol. The Labute approximate surface area is 102 Å². The second-order valence-electron chi connectivity index (χ2n) is 3.67. The van der Waals surface area contributed by atoms with Crippen LogP contribution >= 0.6 is 11.6 Å². The fraction of sp³-hybridized carbons (Fsp3) is 0.182. The maximum absolute atomic E-state index is 11.5. The minimum atomic E-state index is -1.10. The molecule has 6 heteroatoms. The molecule has 1 heterocycles. The van der Waals surface area contributed by atoms with Crippen LogP contribution in [0.2, 0.25) is 5.02 Å². The molecule has 1 fully saturated rings. The van der Waals surface area contributed by atoms with E-state index in [-0.39, 0.29) is 35.2 Å². The first-order chi connectivity index (χ1) is 7.99. The number of hydrogen-bond donors (Lipinski definition) is 1. The summed E-state index contributed by atoms with van der Waals surface area (Å²) < 4.78 is 0. The quantitative estimate of drug-likeness (QED) is 0.807. The van der Waals surface area contributed by atoms with Crippen LogP contribution in [0.25, 0.3) is 0 Å². The molecule has 1 aromatic rings. The SMILES string of the molecule is O=C1CC(=O)N(c2ccc(C(=O)O)cc2Cl)C1. The van der Waals surface area contributed by atoms with Crippen molar-refractivity contribution >= 4 is 34.9 Å². The summed E-state index contributed by atoms with van der Waals surface area (Å²) in [5.74, 6) is -1.59. The molecular weight excluding hydrogens is 246 g/mol. The van der Waals surface area contributed by atoms with Crippen molar-refractivity contribution in [2.45, 2.75) is 6.42 Å². The Morgan fingerprint density at radius 3 is 2.53 bits per heavy atom.